The van der Waals surface area contributed by atoms with Gasteiger partial charge in [-0.1, -0.05) is 13.8 Å². The maximum Gasteiger partial charge on any atom is 0.326 e. The molecule has 0 bridgehead atoms. The van der Waals surface area contributed by atoms with E-state index in [0.29, 0.717) is 31.1 Å². The number of ether oxygens (including phenoxy) is 3. The normalized spacial score (nSPS) is 15.7. The van der Waals surface area contributed by atoms with Crippen LogP contribution in [0.4, 0.5) is 5.69 Å². The minimum atomic E-state index is -0.618. The van der Waals surface area contributed by atoms with Gasteiger partial charge in [0.15, 0.2) is 6.10 Å². The third-order valence-electron chi connectivity index (χ3n) is 4.73. The van der Waals surface area contributed by atoms with Crippen molar-refractivity contribution in [3.8, 4) is 17.0 Å². The Morgan fingerprint density at radius 1 is 1.23 bits per heavy atom. The first-order chi connectivity index (χ1) is 14.4. The van der Waals surface area contributed by atoms with E-state index in [2.05, 4.69) is 4.98 Å². The summed E-state index contributed by atoms with van der Waals surface area (Å²) in [5.74, 6) is -0.140. The zero-order chi connectivity index (χ0) is 21.7. The van der Waals surface area contributed by atoms with Crippen LogP contribution in [-0.2, 0) is 19.1 Å². The second-order valence-corrected chi connectivity index (χ2v) is 8.50. The highest BCUT2D eigenvalue weighted by Crippen LogP contribution is 2.39. The van der Waals surface area contributed by atoms with Gasteiger partial charge in [0.1, 0.15) is 18.9 Å². The molecule has 1 aromatic carbocycles. The number of thiazole rings is 1. The van der Waals surface area contributed by atoms with E-state index in [1.165, 1.54) is 4.90 Å². The van der Waals surface area contributed by atoms with Gasteiger partial charge in [-0.05, 0) is 44.9 Å². The van der Waals surface area contributed by atoms with Crippen molar-refractivity contribution in [2.45, 2.75) is 46.6 Å². The van der Waals surface area contributed by atoms with Crippen molar-refractivity contribution in [3.63, 3.8) is 0 Å². The van der Waals surface area contributed by atoms with Crippen molar-refractivity contribution < 1.29 is 23.8 Å². The number of rotatable bonds is 9. The molecule has 2 heterocycles. The number of hydrogen-bond donors (Lipinski definition) is 0. The van der Waals surface area contributed by atoms with Gasteiger partial charge in [0.2, 0.25) is 0 Å². The van der Waals surface area contributed by atoms with Crippen LogP contribution in [0.25, 0.3) is 11.3 Å². The van der Waals surface area contributed by atoms with Crippen molar-refractivity contribution in [1.29, 1.82) is 0 Å². The number of nitrogens with zero attached hydrogens (tertiary/aromatic N) is 2. The first-order valence-electron chi connectivity index (χ1n) is 10.2. The van der Waals surface area contributed by atoms with Crippen LogP contribution in [0.1, 0.15) is 36.6 Å². The standard InChI is InChI=1S/C22H28N2O5S/c1-5-9-27-10-11-28-20(25)13-24-17-12-16(21-14(3)30-15(4)23-21)7-8-19(17)29-18(6-2)22(24)26/h7-8,12,18H,5-6,9-11,13H2,1-4H3. The second-order valence-electron chi connectivity index (χ2n) is 7.09. The van der Waals surface area contributed by atoms with E-state index in [4.69, 9.17) is 14.2 Å². The molecule has 0 saturated carbocycles. The maximum atomic E-state index is 12.9. The van der Waals surface area contributed by atoms with Gasteiger partial charge >= 0.3 is 5.97 Å². The highest BCUT2D eigenvalue weighted by atomic mass is 32.1. The highest BCUT2D eigenvalue weighted by molar-refractivity contribution is 7.11. The lowest BCUT2D eigenvalue weighted by Crippen LogP contribution is -2.48. The van der Waals surface area contributed by atoms with Crippen LogP contribution in [0.5, 0.6) is 5.75 Å². The molecular weight excluding hydrogens is 404 g/mol. The van der Waals surface area contributed by atoms with Crippen LogP contribution < -0.4 is 9.64 Å². The number of carbonyl (C=O) groups excluding carboxylic acids is 2. The van der Waals surface area contributed by atoms with Gasteiger partial charge in [-0.15, -0.1) is 11.3 Å². The van der Waals surface area contributed by atoms with Gasteiger partial charge in [-0.3, -0.25) is 14.5 Å². The van der Waals surface area contributed by atoms with Gasteiger partial charge in [0.05, 0.1) is 23.0 Å². The molecule has 8 heteroatoms. The summed E-state index contributed by atoms with van der Waals surface area (Å²) >= 11 is 1.62. The molecule has 162 valence electrons. The lowest BCUT2D eigenvalue weighted by molar-refractivity contribution is -0.145. The molecule has 0 radical (unpaired) electrons. The minimum Gasteiger partial charge on any atom is -0.478 e. The topological polar surface area (TPSA) is 78.0 Å². The Balaban J connectivity index is 1.82. The van der Waals surface area contributed by atoms with Gasteiger partial charge < -0.3 is 14.2 Å². The van der Waals surface area contributed by atoms with E-state index in [-0.39, 0.29) is 19.1 Å². The fourth-order valence-corrected chi connectivity index (χ4v) is 4.16. The number of anilines is 1. The molecule has 30 heavy (non-hydrogen) atoms. The Morgan fingerprint density at radius 3 is 2.70 bits per heavy atom. The van der Waals surface area contributed by atoms with Crippen LogP contribution in [0, 0.1) is 13.8 Å². The minimum absolute atomic E-state index is 0.165. The molecule has 0 N–H and O–H groups in total. The molecule has 1 aliphatic heterocycles. The van der Waals surface area contributed by atoms with Crippen LogP contribution in [0.3, 0.4) is 0 Å². The highest BCUT2D eigenvalue weighted by Gasteiger charge is 2.35. The number of carbonyl (C=O) groups is 2. The summed E-state index contributed by atoms with van der Waals surface area (Å²) in [6.45, 7) is 8.84. The average molecular weight is 433 g/mol. The van der Waals surface area contributed by atoms with Crippen LogP contribution in [-0.4, -0.2) is 49.3 Å². The largest absolute Gasteiger partial charge is 0.478 e. The monoisotopic (exact) mass is 432 g/mol. The predicted molar refractivity (Wildman–Crippen MR) is 116 cm³/mol. The Bertz CT molecular complexity index is 911. The van der Waals surface area contributed by atoms with E-state index in [1.807, 2.05) is 45.9 Å². The van der Waals surface area contributed by atoms with Crippen LogP contribution >= 0.6 is 11.3 Å². The fourth-order valence-electron chi connectivity index (χ4n) is 3.32. The predicted octanol–water partition coefficient (Wildman–Crippen LogP) is 3.90. The zero-order valence-electron chi connectivity index (χ0n) is 17.9. The molecule has 1 unspecified atom stereocenters. The quantitative estimate of drug-likeness (QED) is 0.442. The Kier molecular flexibility index (Phi) is 7.44. The van der Waals surface area contributed by atoms with E-state index in [9.17, 15) is 9.59 Å². The van der Waals surface area contributed by atoms with Crippen molar-refractivity contribution in [2.24, 2.45) is 0 Å². The molecule has 2 aromatic rings. The molecule has 1 amide bonds. The van der Waals surface area contributed by atoms with E-state index in [1.54, 1.807) is 11.3 Å². The molecule has 1 aliphatic rings. The molecule has 0 saturated heterocycles. The first-order valence-corrected chi connectivity index (χ1v) is 11.1. The third-order valence-corrected chi connectivity index (χ3v) is 5.62. The van der Waals surface area contributed by atoms with Crippen LogP contribution in [0.2, 0.25) is 0 Å². The maximum absolute atomic E-state index is 12.9. The van der Waals surface area contributed by atoms with Gasteiger partial charge in [0, 0.05) is 17.0 Å². The Morgan fingerprint density at radius 2 is 2.03 bits per heavy atom. The summed E-state index contributed by atoms with van der Waals surface area (Å²) in [6, 6.07) is 5.63. The lowest BCUT2D eigenvalue weighted by atomic mass is 10.1. The summed E-state index contributed by atoms with van der Waals surface area (Å²) in [5, 5.41) is 0.976. The van der Waals surface area contributed by atoms with Crippen molar-refractivity contribution in [3.05, 3.63) is 28.1 Å². The number of aromatic nitrogens is 1. The van der Waals surface area contributed by atoms with Gasteiger partial charge in [-0.25, -0.2) is 4.98 Å². The summed E-state index contributed by atoms with van der Waals surface area (Å²) in [4.78, 5) is 32.5. The number of esters is 1. The number of aryl methyl sites for hydroxylation is 2. The third kappa shape index (κ3) is 4.99. The zero-order valence-corrected chi connectivity index (χ0v) is 18.7. The Labute approximate surface area is 181 Å². The molecular formula is C22H28N2O5S. The summed E-state index contributed by atoms with van der Waals surface area (Å²) < 4.78 is 16.5. The summed E-state index contributed by atoms with van der Waals surface area (Å²) in [6.07, 6.45) is 0.805. The summed E-state index contributed by atoms with van der Waals surface area (Å²) in [7, 11) is 0. The first kappa shape index (κ1) is 22.2. The smallest absolute Gasteiger partial charge is 0.326 e. The average Bonchev–Trinajstić information content (AvgIpc) is 3.07. The fraction of sp³-hybridized carbons (Fsp3) is 0.500. The van der Waals surface area contributed by atoms with E-state index >= 15 is 0 Å². The number of fused-ring (bicyclic) bond motifs is 1. The molecule has 7 nitrogen and oxygen atoms in total. The van der Waals surface area contributed by atoms with E-state index in [0.717, 1.165) is 27.6 Å². The number of amides is 1. The molecule has 0 fully saturated rings. The van der Waals surface area contributed by atoms with Crippen molar-refractivity contribution in [1.82, 2.24) is 4.98 Å². The van der Waals surface area contributed by atoms with Crippen molar-refractivity contribution in [2.75, 3.05) is 31.3 Å². The number of hydrogen-bond acceptors (Lipinski definition) is 7. The molecule has 3 rings (SSSR count). The molecule has 0 aliphatic carbocycles. The van der Waals surface area contributed by atoms with Crippen LogP contribution in [0.15, 0.2) is 18.2 Å². The summed E-state index contributed by atoms with van der Waals surface area (Å²) in [5.41, 5.74) is 2.32. The van der Waals surface area contributed by atoms with E-state index < -0.39 is 12.1 Å². The molecule has 1 aromatic heterocycles. The second kappa shape index (κ2) is 10.0. The lowest BCUT2D eigenvalue weighted by Gasteiger charge is -2.33. The number of benzene rings is 1. The van der Waals surface area contributed by atoms with Gasteiger partial charge in [-0.2, -0.15) is 0 Å². The Hall–Kier alpha value is -2.45. The SMILES string of the molecule is CCCOCCOC(=O)CN1C(=O)C(CC)Oc2ccc(-c3nc(C)sc3C)cc21. The molecule has 0 spiro atoms. The van der Waals surface area contributed by atoms with Crippen molar-refractivity contribution >= 4 is 28.9 Å². The van der Waals surface area contributed by atoms with Gasteiger partial charge in [0.25, 0.3) is 5.91 Å². The molecule has 1 atom stereocenters.